The Morgan fingerprint density at radius 2 is 2.05 bits per heavy atom. The molecule has 1 unspecified atom stereocenters. The number of hydrogen-bond acceptors (Lipinski definition) is 2. The summed E-state index contributed by atoms with van der Waals surface area (Å²) >= 11 is 3.66. The summed E-state index contributed by atoms with van der Waals surface area (Å²) < 4.78 is 3.09. The van der Waals surface area contributed by atoms with E-state index in [1.165, 1.54) is 16.8 Å². The Morgan fingerprint density at radius 1 is 1.35 bits per heavy atom. The molecule has 1 heterocycles. The first-order chi connectivity index (χ1) is 9.54. The van der Waals surface area contributed by atoms with Crippen LogP contribution in [0.1, 0.15) is 42.4 Å². The van der Waals surface area contributed by atoms with Crippen LogP contribution in [0.15, 0.2) is 28.7 Å². The van der Waals surface area contributed by atoms with Gasteiger partial charge in [-0.05, 0) is 47.3 Å². The third-order valence-corrected chi connectivity index (χ3v) is 4.65. The van der Waals surface area contributed by atoms with Crippen LogP contribution in [0.4, 0.5) is 0 Å². The standard InChI is InChI=1S/C16H22BrN3/c1-5-14-16(17)15(20(4)19-14)10-18-12(3)13-9-7-6-8-11(13)2/h6-9,12,18H,5,10H2,1-4H3. The summed E-state index contributed by atoms with van der Waals surface area (Å²) in [6, 6.07) is 8.83. The number of halogens is 1. The van der Waals surface area contributed by atoms with E-state index < -0.39 is 0 Å². The molecule has 3 nitrogen and oxygen atoms in total. The number of hydrogen-bond donors (Lipinski definition) is 1. The van der Waals surface area contributed by atoms with Gasteiger partial charge in [0.25, 0.3) is 0 Å². The lowest BCUT2D eigenvalue weighted by Gasteiger charge is -2.16. The number of rotatable bonds is 5. The molecular weight excluding hydrogens is 314 g/mol. The number of aryl methyl sites for hydroxylation is 3. The van der Waals surface area contributed by atoms with E-state index in [1.807, 2.05) is 11.7 Å². The van der Waals surface area contributed by atoms with Crippen molar-refractivity contribution in [1.29, 1.82) is 0 Å². The summed E-state index contributed by atoms with van der Waals surface area (Å²) in [6.07, 6.45) is 0.946. The number of aromatic nitrogens is 2. The Labute approximate surface area is 129 Å². The smallest absolute Gasteiger partial charge is 0.0767 e. The van der Waals surface area contributed by atoms with Crippen LogP contribution < -0.4 is 5.32 Å². The molecule has 0 aliphatic carbocycles. The highest BCUT2D eigenvalue weighted by Crippen LogP contribution is 2.23. The molecule has 20 heavy (non-hydrogen) atoms. The predicted octanol–water partition coefficient (Wildman–Crippen LogP) is 3.90. The molecule has 0 aliphatic heterocycles. The number of benzene rings is 1. The Bertz CT molecular complexity index is 589. The first kappa shape index (κ1) is 15.3. The molecule has 0 bridgehead atoms. The lowest BCUT2D eigenvalue weighted by molar-refractivity contribution is 0.545. The summed E-state index contributed by atoms with van der Waals surface area (Å²) in [7, 11) is 2.00. The van der Waals surface area contributed by atoms with Gasteiger partial charge in [0.05, 0.1) is 15.9 Å². The third kappa shape index (κ3) is 3.13. The second kappa shape index (κ2) is 6.55. The van der Waals surface area contributed by atoms with Gasteiger partial charge in [0.1, 0.15) is 0 Å². The van der Waals surface area contributed by atoms with E-state index in [0.29, 0.717) is 6.04 Å². The molecule has 1 aromatic carbocycles. The van der Waals surface area contributed by atoms with Crippen molar-refractivity contribution in [3.05, 3.63) is 51.3 Å². The minimum atomic E-state index is 0.322. The SMILES string of the molecule is CCc1nn(C)c(CNC(C)c2ccccc2C)c1Br. The van der Waals surface area contributed by atoms with E-state index in [1.54, 1.807) is 0 Å². The molecule has 0 radical (unpaired) electrons. The van der Waals surface area contributed by atoms with E-state index >= 15 is 0 Å². The first-order valence-electron chi connectivity index (χ1n) is 7.03. The van der Waals surface area contributed by atoms with Crippen LogP contribution in [-0.2, 0) is 20.0 Å². The molecule has 2 aromatic rings. The average molecular weight is 336 g/mol. The third-order valence-electron chi connectivity index (χ3n) is 3.73. The predicted molar refractivity (Wildman–Crippen MR) is 86.7 cm³/mol. The molecule has 0 saturated heterocycles. The van der Waals surface area contributed by atoms with Gasteiger partial charge in [0.15, 0.2) is 0 Å². The van der Waals surface area contributed by atoms with E-state index in [2.05, 4.69) is 71.4 Å². The van der Waals surface area contributed by atoms with Crippen molar-refractivity contribution < 1.29 is 0 Å². The normalized spacial score (nSPS) is 12.7. The monoisotopic (exact) mass is 335 g/mol. The van der Waals surface area contributed by atoms with Gasteiger partial charge in [-0.15, -0.1) is 0 Å². The molecule has 108 valence electrons. The van der Waals surface area contributed by atoms with E-state index in [-0.39, 0.29) is 0 Å². The zero-order valence-electron chi connectivity index (χ0n) is 12.6. The number of nitrogens with zero attached hydrogens (tertiary/aromatic N) is 2. The minimum absolute atomic E-state index is 0.322. The van der Waals surface area contributed by atoms with Crippen molar-refractivity contribution in [2.75, 3.05) is 0 Å². The Balaban J connectivity index is 2.09. The van der Waals surface area contributed by atoms with Crippen molar-refractivity contribution in [2.24, 2.45) is 7.05 Å². The van der Waals surface area contributed by atoms with Crippen LogP contribution in [0.2, 0.25) is 0 Å². The van der Waals surface area contributed by atoms with Crippen molar-refractivity contribution in [3.8, 4) is 0 Å². The molecule has 1 aromatic heterocycles. The first-order valence-corrected chi connectivity index (χ1v) is 7.83. The summed E-state index contributed by atoms with van der Waals surface area (Å²) in [5.74, 6) is 0. The van der Waals surface area contributed by atoms with Crippen LogP contribution in [-0.4, -0.2) is 9.78 Å². The average Bonchev–Trinajstić information content (AvgIpc) is 2.71. The summed E-state index contributed by atoms with van der Waals surface area (Å²) in [4.78, 5) is 0. The van der Waals surface area contributed by atoms with Gasteiger partial charge < -0.3 is 5.32 Å². The van der Waals surface area contributed by atoms with Crippen LogP contribution >= 0.6 is 15.9 Å². The fourth-order valence-electron chi connectivity index (χ4n) is 2.44. The molecule has 0 aliphatic rings. The highest BCUT2D eigenvalue weighted by molar-refractivity contribution is 9.10. The van der Waals surface area contributed by atoms with E-state index in [0.717, 1.165) is 23.1 Å². The summed E-state index contributed by atoms with van der Waals surface area (Å²) in [5, 5.41) is 8.11. The van der Waals surface area contributed by atoms with Gasteiger partial charge in [-0.3, -0.25) is 4.68 Å². The molecule has 1 N–H and O–H groups in total. The Kier molecular flexibility index (Phi) is 5.00. The van der Waals surface area contributed by atoms with E-state index in [9.17, 15) is 0 Å². The quantitative estimate of drug-likeness (QED) is 0.897. The van der Waals surface area contributed by atoms with Crippen molar-refractivity contribution >= 4 is 15.9 Å². The van der Waals surface area contributed by atoms with Gasteiger partial charge in [0.2, 0.25) is 0 Å². The molecule has 0 amide bonds. The van der Waals surface area contributed by atoms with Crippen LogP contribution in [0.5, 0.6) is 0 Å². The zero-order valence-corrected chi connectivity index (χ0v) is 14.2. The Morgan fingerprint density at radius 3 is 2.65 bits per heavy atom. The molecule has 2 rings (SSSR count). The second-order valence-electron chi connectivity index (χ2n) is 5.14. The van der Waals surface area contributed by atoms with Crippen LogP contribution in [0, 0.1) is 6.92 Å². The van der Waals surface area contributed by atoms with Crippen molar-refractivity contribution in [3.63, 3.8) is 0 Å². The largest absolute Gasteiger partial charge is 0.305 e. The van der Waals surface area contributed by atoms with Crippen molar-refractivity contribution in [1.82, 2.24) is 15.1 Å². The Hall–Kier alpha value is -1.13. The lowest BCUT2D eigenvalue weighted by atomic mass is 10.0. The van der Waals surface area contributed by atoms with Crippen LogP contribution in [0.25, 0.3) is 0 Å². The molecular formula is C16H22BrN3. The fourth-order valence-corrected chi connectivity index (χ4v) is 3.20. The number of nitrogens with one attached hydrogen (secondary N) is 1. The molecule has 0 saturated carbocycles. The van der Waals surface area contributed by atoms with Crippen molar-refractivity contribution in [2.45, 2.75) is 39.8 Å². The molecule has 1 atom stereocenters. The highest BCUT2D eigenvalue weighted by atomic mass is 79.9. The maximum atomic E-state index is 4.53. The van der Waals surface area contributed by atoms with Gasteiger partial charge in [0, 0.05) is 19.6 Å². The summed E-state index contributed by atoms with van der Waals surface area (Å²) in [5.41, 5.74) is 4.99. The molecule has 0 fully saturated rings. The van der Waals surface area contributed by atoms with Gasteiger partial charge in [-0.1, -0.05) is 31.2 Å². The lowest BCUT2D eigenvalue weighted by Crippen LogP contribution is -2.20. The van der Waals surface area contributed by atoms with E-state index in [4.69, 9.17) is 0 Å². The molecule has 4 heteroatoms. The highest BCUT2D eigenvalue weighted by Gasteiger charge is 2.14. The van der Waals surface area contributed by atoms with Gasteiger partial charge in [-0.2, -0.15) is 5.10 Å². The zero-order chi connectivity index (χ0) is 14.7. The van der Waals surface area contributed by atoms with Crippen LogP contribution in [0.3, 0.4) is 0 Å². The summed E-state index contributed by atoms with van der Waals surface area (Å²) in [6.45, 7) is 7.29. The topological polar surface area (TPSA) is 29.9 Å². The second-order valence-corrected chi connectivity index (χ2v) is 5.94. The van der Waals surface area contributed by atoms with Gasteiger partial charge in [-0.25, -0.2) is 0 Å². The maximum absolute atomic E-state index is 4.53. The minimum Gasteiger partial charge on any atom is -0.305 e. The van der Waals surface area contributed by atoms with Gasteiger partial charge >= 0.3 is 0 Å². The molecule has 0 spiro atoms. The fraction of sp³-hybridized carbons (Fsp3) is 0.438. The maximum Gasteiger partial charge on any atom is 0.0767 e.